The van der Waals surface area contributed by atoms with E-state index in [1.165, 1.54) is 18.5 Å². The van der Waals surface area contributed by atoms with Crippen molar-refractivity contribution in [2.45, 2.75) is 66.8 Å². The van der Waals surface area contributed by atoms with Gasteiger partial charge in [0.2, 0.25) is 5.91 Å². The van der Waals surface area contributed by atoms with Crippen LogP contribution in [0.2, 0.25) is 0 Å². The molecule has 0 aliphatic heterocycles. The third kappa shape index (κ3) is 8.63. The van der Waals surface area contributed by atoms with E-state index < -0.39 is 17.5 Å². The zero-order valence-corrected chi connectivity index (χ0v) is 30.0. The molecule has 0 aliphatic rings. The van der Waals surface area contributed by atoms with Gasteiger partial charge in [0.1, 0.15) is 12.1 Å². The number of nitrogens with one attached hydrogen (secondary N) is 3. The number of anilines is 3. The SMILES string of the molecule is COCCN(CCCOc1cc2ncnc(Nc3cc(CC(=O)Nc4cccc(F)c4F)[nH]n3)c2cc1OC)C(C)(C(C)(C)C)C(C)(C)C. The molecular weight excluding hydrogens is 632 g/mol. The Kier molecular flexibility index (Phi) is 11.8. The molecule has 1 amide bonds. The predicted molar refractivity (Wildman–Crippen MR) is 188 cm³/mol. The number of H-pyrrole nitrogens is 1. The number of aromatic amines is 1. The molecule has 3 N–H and O–H groups in total. The van der Waals surface area contributed by atoms with Crippen molar-refractivity contribution in [1.29, 1.82) is 0 Å². The first-order chi connectivity index (χ1) is 23.1. The number of methoxy groups -OCH3 is 2. The van der Waals surface area contributed by atoms with E-state index in [9.17, 15) is 13.6 Å². The molecule has 2 heterocycles. The molecule has 4 rings (SSSR count). The van der Waals surface area contributed by atoms with Crippen LogP contribution in [0.25, 0.3) is 10.9 Å². The molecule has 2 aromatic carbocycles. The molecule has 0 aliphatic carbocycles. The van der Waals surface area contributed by atoms with E-state index in [0.717, 1.165) is 25.6 Å². The molecule has 0 bridgehead atoms. The molecular formula is C36H49F2N7O4. The van der Waals surface area contributed by atoms with Crippen LogP contribution in [-0.4, -0.2) is 77.0 Å². The molecule has 0 atom stereocenters. The molecule has 0 saturated carbocycles. The lowest BCUT2D eigenvalue weighted by Crippen LogP contribution is -2.63. The van der Waals surface area contributed by atoms with Crippen LogP contribution in [0.3, 0.4) is 0 Å². The number of halogens is 2. The lowest BCUT2D eigenvalue weighted by atomic mass is 9.60. The largest absolute Gasteiger partial charge is 0.493 e. The van der Waals surface area contributed by atoms with Crippen molar-refractivity contribution >= 4 is 34.1 Å². The average molecular weight is 682 g/mol. The van der Waals surface area contributed by atoms with Crippen LogP contribution in [0.15, 0.2) is 42.7 Å². The highest BCUT2D eigenvalue weighted by Crippen LogP contribution is 2.48. The molecule has 0 radical (unpaired) electrons. The van der Waals surface area contributed by atoms with Gasteiger partial charge in [0, 0.05) is 49.0 Å². The smallest absolute Gasteiger partial charge is 0.230 e. The van der Waals surface area contributed by atoms with Gasteiger partial charge in [0.25, 0.3) is 0 Å². The van der Waals surface area contributed by atoms with Gasteiger partial charge >= 0.3 is 0 Å². The van der Waals surface area contributed by atoms with E-state index in [1.807, 2.05) is 12.1 Å². The summed E-state index contributed by atoms with van der Waals surface area (Å²) in [6.07, 6.45) is 2.09. The Balaban J connectivity index is 1.44. The average Bonchev–Trinajstić information content (AvgIpc) is 3.47. The highest BCUT2D eigenvalue weighted by molar-refractivity contribution is 5.93. The third-order valence-corrected chi connectivity index (χ3v) is 9.32. The van der Waals surface area contributed by atoms with Gasteiger partial charge in [-0.05, 0) is 42.4 Å². The first kappa shape index (κ1) is 37.5. The summed E-state index contributed by atoms with van der Waals surface area (Å²) in [4.78, 5) is 23.8. The second-order valence-corrected chi connectivity index (χ2v) is 14.2. The van der Waals surface area contributed by atoms with Gasteiger partial charge in [0.05, 0.1) is 37.9 Å². The summed E-state index contributed by atoms with van der Waals surface area (Å²) in [6, 6.07) is 8.85. The highest BCUT2D eigenvalue weighted by atomic mass is 19.2. The molecule has 0 unspecified atom stereocenters. The van der Waals surface area contributed by atoms with Gasteiger partial charge < -0.3 is 24.8 Å². The lowest BCUT2D eigenvalue weighted by molar-refractivity contribution is -0.115. The topological polar surface area (TPSA) is 127 Å². The Morgan fingerprint density at radius 3 is 2.35 bits per heavy atom. The molecule has 49 heavy (non-hydrogen) atoms. The van der Waals surface area contributed by atoms with Gasteiger partial charge in [-0.1, -0.05) is 47.6 Å². The number of aromatic nitrogens is 4. The van der Waals surface area contributed by atoms with Gasteiger partial charge in [-0.15, -0.1) is 0 Å². The lowest BCUT2D eigenvalue weighted by Gasteiger charge is -2.58. The maximum absolute atomic E-state index is 14.0. The maximum Gasteiger partial charge on any atom is 0.230 e. The van der Waals surface area contributed by atoms with E-state index >= 15 is 0 Å². The number of fused-ring (bicyclic) bond motifs is 1. The van der Waals surface area contributed by atoms with E-state index in [1.54, 1.807) is 20.3 Å². The minimum absolute atomic E-state index is 0.0177. The highest BCUT2D eigenvalue weighted by Gasteiger charge is 2.50. The number of rotatable bonds is 15. The van der Waals surface area contributed by atoms with E-state index in [-0.39, 0.29) is 28.5 Å². The maximum atomic E-state index is 14.0. The Morgan fingerprint density at radius 2 is 1.67 bits per heavy atom. The second kappa shape index (κ2) is 15.5. The van der Waals surface area contributed by atoms with E-state index in [4.69, 9.17) is 14.2 Å². The number of benzene rings is 2. The molecule has 0 spiro atoms. The van der Waals surface area contributed by atoms with Crippen LogP contribution in [0.1, 0.15) is 60.6 Å². The van der Waals surface area contributed by atoms with Gasteiger partial charge in [-0.2, -0.15) is 5.10 Å². The number of hydrogen-bond donors (Lipinski definition) is 3. The van der Waals surface area contributed by atoms with Crippen LogP contribution in [0, 0.1) is 22.5 Å². The van der Waals surface area contributed by atoms with Gasteiger partial charge in [0.15, 0.2) is 29.0 Å². The van der Waals surface area contributed by atoms with Crippen molar-refractivity contribution in [2.75, 3.05) is 51.2 Å². The number of carbonyl (C=O) groups is 1. The minimum Gasteiger partial charge on any atom is -0.493 e. The van der Waals surface area contributed by atoms with Crippen LogP contribution < -0.4 is 20.1 Å². The molecule has 0 saturated heterocycles. The normalized spacial score (nSPS) is 12.4. The van der Waals surface area contributed by atoms with Crippen LogP contribution >= 0.6 is 0 Å². The van der Waals surface area contributed by atoms with Crippen molar-refractivity contribution in [1.82, 2.24) is 25.1 Å². The Morgan fingerprint density at radius 1 is 0.939 bits per heavy atom. The van der Waals surface area contributed by atoms with E-state index in [0.29, 0.717) is 52.9 Å². The first-order valence-corrected chi connectivity index (χ1v) is 16.3. The fourth-order valence-corrected chi connectivity index (χ4v) is 6.31. The Labute approximate surface area is 287 Å². The predicted octanol–water partition coefficient (Wildman–Crippen LogP) is 7.13. The molecule has 266 valence electrons. The second-order valence-electron chi connectivity index (χ2n) is 14.2. The number of carbonyl (C=O) groups excluding carboxylic acids is 1. The summed E-state index contributed by atoms with van der Waals surface area (Å²) in [5.41, 5.74) is 0.780. The Bertz CT molecular complexity index is 1720. The quantitative estimate of drug-likeness (QED) is 0.112. The summed E-state index contributed by atoms with van der Waals surface area (Å²) >= 11 is 0. The number of hydrogen-bond acceptors (Lipinski definition) is 9. The molecule has 13 heteroatoms. The minimum atomic E-state index is -1.12. The molecule has 11 nitrogen and oxygen atoms in total. The molecule has 2 aromatic heterocycles. The van der Waals surface area contributed by atoms with Crippen LogP contribution in [-0.2, 0) is 16.0 Å². The van der Waals surface area contributed by atoms with Crippen molar-refractivity contribution in [3.63, 3.8) is 0 Å². The van der Waals surface area contributed by atoms with Crippen LogP contribution in [0.5, 0.6) is 11.5 Å². The summed E-state index contributed by atoms with van der Waals surface area (Å²) in [6.45, 7) is 18.9. The molecule has 4 aromatic rings. The van der Waals surface area contributed by atoms with E-state index in [2.05, 4.69) is 84.2 Å². The zero-order chi connectivity index (χ0) is 36.0. The number of ether oxygens (including phenoxy) is 3. The molecule has 0 fully saturated rings. The van der Waals surface area contributed by atoms with Crippen molar-refractivity contribution in [3.05, 3.63) is 60.1 Å². The van der Waals surface area contributed by atoms with Crippen molar-refractivity contribution in [2.24, 2.45) is 10.8 Å². The number of amides is 1. The third-order valence-electron chi connectivity index (χ3n) is 9.32. The van der Waals surface area contributed by atoms with Crippen molar-refractivity contribution < 1.29 is 27.8 Å². The summed E-state index contributed by atoms with van der Waals surface area (Å²) in [5.74, 6) is -0.735. The van der Waals surface area contributed by atoms with Crippen LogP contribution in [0.4, 0.5) is 26.1 Å². The van der Waals surface area contributed by atoms with Gasteiger partial charge in [-0.3, -0.25) is 14.8 Å². The fraction of sp³-hybridized carbons (Fsp3) is 0.500. The summed E-state index contributed by atoms with van der Waals surface area (Å²) in [5, 5.41) is 13.2. The summed E-state index contributed by atoms with van der Waals surface area (Å²) in [7, 11) is 3.31. The first-order valence-electron chi connectivity index (χ1n) is 16.3. The van der Waals surface area contributed by atoms with Crippen molar-refractivity contribution in [3.8, 4) is 11.5 Å². The zero-order valence-electron chi connectivity index (χ0n) is 30.0. The monoisotopic (exact) mass is 681 g/mol. The Hall–Kier alpha value is -4.36. The summed E-state index contributed by atoms with van der Waals surface area (Å²) < 4.78 is 44.9. The fourth-order valence-electron chi connectivity index (χ4n) is 6.31. The number of nitrogens with zero attached hydrogens (tertiary/aromatic N) is 4. The van der Waals surface area contributed by atoms with Gasteiger partial charge in [-0.25, -0.2) is 18.7 Å². The standard InChI is InChI=1S/C36H49F2N7O4/c1-34(2,3)36(7,35(4,5)6)45(15-17-47-8)14-11-16-49-29-21-27-24(20-28(29)48-9)33(40-22-39-27)42-30-18-23(43-44-30)19-31(46)41-26-13-10-12-25(37)32(26)38/h10,12-13,18,20-22H,11,14-17,19H2,1-9H3,(H,41,46)(H2,39,40,42,43,44).